The van der Waals surface area contributed by atoms with Gasteiger partial charge in [-0.25, -0.2) is 4.79 Å². The summed E-state index contributed by atoms with van der Waals surface area (Å²) in [5, 5.41) is 0. The maximum absolute atomic E-state index is 11.8. The van der Waals surface area contributed by atoms with Gasteiger partial charge in [0.25, 0.3) is 0 Å². The van der Waals surface area contributed by atoms with Crippen molar-refractivity contribution >= 4 is 5.97 Å². The van der Waals surface area contributed by atoms with Crippen molar-refractivity contribution in [2.45, 2.75) is 33.1 Å². The minimum atomic E-state index is -0.301. The maximum Gasteiger partial charge on any atom is 0.341 e. The van der Waals surface area contributed by atoms with Crippen molar-refractivity contribution in [1.29, 1.82) is 0 Å². The van der Waals surface area contributed by atoms with E-state index in [0.29, 0.717) is 24.5 Å². The lowest BCUT2D eigenvalue weighted by Crippen LogP contribution is -2.09. The van der Waals surface area contributed by atoms with Crippen LogP contribution in [0, 0.1) is 0 Å². The van der Waals surface area contributed by atoms with Crippen LogP contribution in [0.5, 0.6) is 5.75 Å². The smallest absolute Gasteiger partial charge is 0.341 e. The normalized spacial score (nSPS) is 10.0. The van der Waals surface area contributed by atoms with Crippen molar-refractivity contribution in [1.82, 2.24) is 0 Å². The van der Waals surface area contributed by atoms with Crippen molar-refractivity contribution < 1.29 is 14.3 Å². The van der Waals surface area contributed by atoms with Crippen LogP contribution >= 0.6 is 0 Å². The maximum atomic E-state index is 11.8. The zero-order valence-electron chi connectivity index (χ0n) is 10.6. The van der Waals surface area contributed by atoms with Crippen molar-refractivity contribution in [3.05, 3.63) is 29.8 Å². The lowest BCUT2D eigenvalue weighted by molar-refractivity contribution is 0.0495. The Morgan fingerprint density at radius 3 is 2.59 bits per heavy atom. The lowest BCUT2D eigenvalue weighted by atomic mass is 10.2. The van der Waals surface area contributed by atoms with Crippen LogP contribution in [0.1, 0.15) is 43.5 Å². The molecule has 1 rings (SSSR count). The fraction of sp³-hybridized carbons (Fsp3) is 0.500. The molecule has 0 aliphatic carbocycles. The van der Waals surface area contributed by atoms with Gasteiger partial charge in [-0.3, -0.25) is 0 Å². The third-order valence-corrected chi connectivity index (χ3v) is 2.30. The van der Waals surface area contributed by atoms with Crippen LogP contribution in [0.25, 0.3) is 0 Å². The van der Waals surface area contributed by atoms with Crippen LogP contribution in [0.15, 0.2) is 24.3 Å². The van der Waals surface area contributed by atoms with E-state index in [1.54, 1.807) is 12.1 Å². The average Bonchev–Trinajstić information content (AvgIpc) is 2.37. The molecule has 0 unspecified atom stereocenters. The SMILES string of the molecule is CCCCOC(=O)c1ccccc1OCCC. The van der Waals surface area contributed by atoms with E-state index < -0.39 is 0 Å². The summed E-state index contributed by atoms with van der Waals surface area (Å²) in [7, 11) is 0. The number of hydrogen-bond donors (Lipinski definition) is 0. The molecule has 3 nitrogen and oxygen atoms in total. The Labute approximate surface area is 103 Å². The van der Waals surface area contributed by atoms with Crippen molar-refractivity contribution in [2.24, 2.45) is 0 Å². The number of ether oxygens (including phenoxy) is 2. The summed E-state index contributed by atoms with van der Waals surface area (Å²) in [6.45, 7) is 5.17. The summed E-state index contributed by atoms with van der Waals surface area (Å²) in [6, 6.07) is 7.20. The van der Waals surface area contributed by atoms with E-state index in [0.717, 1.165) is 19.3 Å². The third-order valence-electron chi connectivity index (χ3n) is 2.30. The van der Waals surface area contributed by atoms with Gasteiger partial charge >= 0.3 is 5.97 Å². The molecule has 0 saturated heterocycles. The molecule has 0 aliphatic heterocycles. The van der Waals surface area contributed by atoms with Gasteiger partial charge in [0.05, 0.1) is 13.2 Å². The summed E-state index contributed by atoms with van der Waals surface area (Å²) in [6.07, 6.45) is 2.82. The van der Waals surface area contributed by atoms with Gasteiger partial charge in [0.15, 0.2) is 0 Å². The zero-order valence-corrected chi connectivity index (χ0v) is 10.6. The first-order valence-electron chi connectivity index (χ1n) is 6.18. The van der Waals surface area contributed by atoms with Gasteiger partial charge in [0.1, 0.15) is 11.3 Å². The van der Waals surface area contributed by atoms with E-state index in [1.165, 1.54) is 0 Å². The van der Waals surface area contributed by atoms with E-state index in [2.05, 4.69) is 6.92 Å². The summed E-state index contributed by atoms with van der Waals surface area (Å²) >= 11 is 0. The Kier molecular flexibility index (Phi) is 6.15. The number of rotatable bonds is 7. The van der Waals surface area contributed by atoms with Crippen LogP contribution < -0.4 is 4.74 Å². The molecular weight excluding hydrogens is 216 g/mol. The van der Waals surface area contributed by atoms with E-state index in [4.69, 9.17) is 9.47 Å². The molecule has 0 fully saturated rings. The second kappa shape index (κ2) is 7.71. The van der Waals surface area contributed by atoms with E-state index in [-0.39, 0.29) is 5.97 Å². The fourth-order valence-corrected chi connectivity index (χ4v) is 1.36. The topological polar surface area (TPSA) is 35.5 Å². The minimum absolute atomic E-state index is 0.301. The first-order chi connectivity index (χ1) is 8.29. The molecule has 3 heteroatoms. The van der Waals surface area contributed by atoms with Gasteiger partial charge in [0, 0.05) is 0 Å². The molecule has 0 heterocycles. The minimum Gasteiger partial charge on any atom is -0.493 e. The first kappa shape index (κ1) is 13.6. The van der Waals surface area contributed by atoms with Gasteiger partial charge in [0.2, 0.25) is 0 Å². The molecule has 0 amide bonds. The predicted molar refractivity (Wildman–Crippen MR) is 67.4 cm³/mol. The standard InChI is InChI=1S/C14H20O3/c1-3-5-11-17-14(15)12-8-6-7-9-13(12)16-10-4-2/h6-9H,3-5,10-11H2,1-2H3. The number of hydrogen-bond acceptors (Lipinski definition) is 3. The monoisotopic (exact) mass is 236 g/mol. The predicted octanol–water partition coefficient (Wildman–Crippen LogP) is 3.43. The van der Waals surface area contributed by atoms with Crippen LogP contribution in [0.3, 0.4) is 0 Å². The first-order valence-corrected chi connectivity index (χ1v) is 6.18. The molecule has 0 aliphatic rings. The van der Waals surface area contributed by atoms with Crippen molar-refractivity contribution in [3.8, 4) is 5.75 Å². The van der Waals surface area contributed by atoms with E-state index >= 15 is 0 Å². The van der Waals surface area contributed by atoms with Crippen LogP contribution in [-0.2, 0) is 4.74 Å². The largest absolute Gasteiger partial charge is 0.493 e. The Hall–Kier alpha value is -1.51. The number of benzene rings is 1. The van der Waals surface area contributed by atoms with E-state index in [1.807, 2.05) is 19.1 Å². The number of esters is 1. The highest BCUT2D eigenvalue weighted by molar-refractivity contribution is 5.92. The van der Waals surface area contributed by atoms with Crippen LogP contribution in [-0.4, -0.2) is 19.2 Å². The molecule has 94 valence electrons. The van der Waals surface area contributed by atoms with Gasteiger partial charge in [-0.05, 0) is 25.0 Å². The van der Waals surface area contributed by atoms with Gasteiger partial charge < -0.3 is 9.47 Å². The molecule has 17 heavy (non-hydrogen) atoms. The van der Waals surface area contributed by atoms with Gasteiger partial charge in [-0.1, -0.05) is 32.4 Å². The van der Waals surface area contributed by atoms with Gasteiger partial charge in [-0.2, -0.15) is 0 Å². The molecule has 0 atom stereocenters. The highest BCUT2D eigenvalue weighted by atomic mass is 16.5. The molecule has 1 aromatic carbocycles. The molecular formula is C14H20O3. The highest BCUT2D eigenvalue weighted by Gasteiger charge is 2.12. The molecule has 0 N–H and O–H groups in total. The lowest BCUT2D eigenvalue weighted by Gasteiger charge is -2.10. The quantitative estimate of drug-likeness (QED) is 0.537. The van der Waals surface area contributed by atoms with Gasteiger partial charge in [-0.15, -0.1) is 0 Å². The Morgan fingerprint density at radius 2 is 1.88 bits per heavy atom. The Balaban J connectivity index is 2.64. The number of para-hydroxylation sites is 1. The Morgan fingerprint density at radius 1 is 1.12 bits per heavy atom. The van der Waals surface area contributed by atoms with Crippen molar-refractivity contribution in [2.75, 3.05) is 13.2 Å². The molecule has 0 spiro atoms. The molecule has 0 bridgehead atoms. The summed E-state index contributed by atoms with van der Waals surface area (Å²) in [5.41, 5.74) is 0.511. The molecule has 0 aromatic heterocycles. The molecule has 0 radical (unpaired) electrons. The second-order valence-electron chi connectivity index (χ2n) is 3.83. The Bertz CT molecular complexity index is 347. The molecule has 1 aromatic rings. The summed E-state index contributed by atoms with van der Waals surface area (Å²) in [5.74, 6) is 0.306. The van der Waals surface area contributed by atoms with Crippen molar-refractivity contribution in [3.63, 3.8) is 0 Å². The average molecular weight is 236 g/mol. The van der Waals surface area contributed by atoms with Crippen LogP contribution in [0.2, 0.25) is 0 Å². The highest BCUT2D eigenvalue weighted by Crippen LogP contribution is 2.19. The number of carbonyl (C=O) groups excluding carboxylic acids is 1. The number of carbonyl (C=O) groups is 1. The molecule has 0 saturated carbocycles. The fourth-order valence-electron chi connectivity index (χ4n) is 1.36. The number of unbranched alkanes of at least 4 members (excludes halogenated alkanes) is 1. The summed E-state index contributed by atoms with van der Waals surface area (Å²) < 4.78 is 10.7. The van der Waals surface area contributed by atoms with E-state index in [9.17, 15) is 4.79 Å². The zero-order chi connectivity index (χ0) is 12.5. The third kappa shape index (κ3) is 4.47. The second-order valence-corrected chi connectivity index (χ2v) is 3.83. The van der Waals surface area contributed by atoms with Crippen LogP contribution in [0.4, 0.5) is 0 Å². The summed E-state index contributed by atoms with van der Waals surface area (Å²) in [4.78, 5) is 11.8.